The second-order valence-electron chi connectivity index (χ2n) is 18.6. The number of anilines is 3. The van der Waals surface area contributed by atoms with E-state index in [1.54, 1.807) is 0 Å². The van der Waals surface area contributed by atoms with E-state index in [-0.39, 0.29) is 0 Å². The zero-order valence-corrected chi connectivity index (χ0v) is 38.3. The maximum Gasteiger partial charge on any atom is 0.132 e. The van der Waals surface area contributed by atoms with Crippen molar-refractivity contribution in [1.82, 2.24) is 0 Å². The smallest absolute Gasteiger partial charge is 0.132 e. The molecular weight excluding hydrogens is 855 g/mol. The topological polar surface area (TPSA) is 12.5 Å². The summed E-state index contributed by atoms with van der Waals surface area (Å²) < 4.78 is 6.77. The first-order valence-electron chi connectivity index (χ1n) is 23.8. The van der Waals surface area contributed by atoms with Gasteiger partial charge in [0, 0.05) is 37.7 Å². The molecule has 322 valence electrons. The summed E-state index contributed by atoms with van der Waals surface area (Å²) in [7, 11) is 0. The normalized spacial score (nSPS) is 14.4. The van der Waals surface area contributed by atoms with Crippen LogP contribution in [0.3, 0.4) is 0 Å². The van der Waals surface area contributed by atoms with Crippen LogP contribution in [-0.4, -0.2) is 0 Å². The van der Waals surface area contributed by atoms with E-state index in [1.807, 2.05) is 11.8 Å². The molecule has 0 bridgehead atoms. The van der Waals surface area contributed by atoms with Crippen LogP contribution >= 0.6 is 11.8 Å². The van der Waals surface area contributed by atoms with Gasteiger partial charge in [-0.1, -0.05) is 200 Å². The minimum absolute atomic E-state index is 0.559. The second kappa shape index (κ2) is 14.6. The van der Waals surface area contributed by atoms with Crippen molar-refractivity contribution >= 4 is 39.6 Å². The van der Waals surface area contributed by atoms with Crippen molar-refractivity contribution in [1.29, 1.82) is 0 Å². The highest BCUT2D eigenvalue weighted by Gasteiger charge is 2.54. The highest BCUT2D eigenvalue weighted by molar-refractivity contribution is 7.99. The predicted molar refractivity (Wildman–Crippen MR) is 283 cm³/mol. The standard InChI is InChI=1S/C66H41NOS/c1-2-18-42(19-3-1)43-36-38-46(39-37-43)67(57-30-16-28-54-63(57)47-22-6-7-23-49(47)65(54)50-24-8-12-32-59(50)68-60-33-13-9-25-51(60)65)58-31-17-29-55-64(58)48-40-44-20-4-5-21-45(44)41-56(48)66(55)52-26-10-14-34-61(52)69-62-35-15-11-27-53(62)66/h1-41H. The number of rotatable bonds is 4. The number of nitrogens with zero attached hydrogens (tertiary/aromatic N) is 1. The molecule has 4 aliphatic rings. The average molecular weight is 896 g/mol. The lowest BCUT2D eigenvalue weighted by atomic mass is 9.66. The summed E-state index contributed by atoms with van der Waals surface area (Å²) in [5.74, 6) is 1.78. The Labute approximate surface area is 405 Å². The quantitative estimate of drug-likeness (QED) is 0.175. The summed E-state index contributed by atoms with van der Waals surface area (Å²) in [6.45, 7) is 0. The van der Waals surface area contributed by atoms with Crippen molar-refractivity contribution in [3.05, 3.63) is 293 Å². The molecule has 0 unspecified atom stereocenters. The number of hydrogen-bond donors (Lipinski definition) is 0. The van der Waals surface area contributed by atoms with Gasteiger partial charge in [0.15, 0.2) is 0 Å². The molecule has 0 saturated carbocycles. The molecule has 3 heteroatoms. The predicted octanol–water partition coefficient (Wildman–Crippen LogP) is 17.3. The van der Waals surface area contributed by atoms with Gasteiger partial charge in [0.1, 0.15) is 11.5 Å². The van der Waals surface area contributed by atoms with Gasteiger partial charge in [-0.05, 0) is 127 Å². The van der Waals surface area contributed by atoms with E-state index < -0.39 is 10.8 Å². The maximum atomic E-state index is 6.77. The lowest BCUT2D eigenvalue weighted by Gasteiger charge is -2.40. The summed E-state index contributed by atoms with van der Waals surface area (Å²) in [6, 6.07) is 92.5. The van der Waals surface area contributed by atoms with Gasteiger partial charge in [0.25, 0.3) is 0 Å². The van der Waals surface area contributed by atoms with Crippen LogP contribution in [-0.2, 0) is 10.8 Å². The van der Waals surface area contributed by atoms with Gasteiger partial charge in [0.2, 0.25) is 0 Å². The Kier molecular flexibility index (Phi) is 8.17. The van der Waals surface area contributed by atoms with Crippen LogP contribution in [0, 0.1) is 0 Å². The minimum Gasteiger partial charge on any atom is -0.457 e. The van der Waals surface area contributed by atoms with Gasteiger partial charge in [-0.3, -0.25) is 0 Å². The molecule has 11 aromatic carbocycles. The molecule has 2 aliphatic heterocycles. The van der Waals surface area contributed by atoms with Crippen molar-refractivity contribution in [3.8, 4) is 44.9 Å². The molecule has 0 saturated heterocycles. The van der Waals surface area contributed by atoms with E-state index in [1.165, 1.54) is 87.3 Å². The van der Waals surface area contributed by atoms with E-state index >= 15 is 0 Å². The third-order valence-electron chi connectivity index (χ3n) is 15.4. The molecule has 0 fully saturated rings. The summed E-state index contributed by atoms with van der Waals surface area (Å²) in [6.07, 6.45) is 0. The summed E-state index contributed by atoms with van der Waals surface area (Å²) in [5.41, 5.74) is 19.6. The highest BCUT2D eigenvalue weighted by atomic mass is 32.2. The maximum absolute atomic E-state index is 6.77. The molecule has 2 heterocycles. The van der Waals surface area contributed by atoms with Gasteiger partial charge >= 0.3 is 0 Å². The van der Waals surface area contributed by atoms with Crippen LogP contribution in [0.4, 0.5) is 17.1 Å². The van der Waals surface area contributed by atoms with Crippen molar-refractivity contribution in [2.45, 2.75) is 20.6 Å². The van der Waals surface area contributed by atoms with Crippen molar-refractivity contribution < 1.29 is 4.74 Å². The molecule has 0 N–H and O–H groups in total. The van der Waals surface area contributed by atoms with Crippen molar-refractivity contribution in [2.75, 3.05) is 4.90 Å². The summed E-state index contributed by atoms with van der Waals surface area (Å²) in [4.78, 5) is 5.16. The zero-order valence-electron chi connectivity index (χ0n) is 37.4. The molecule has 0 amide bonds. The van der Waals surface area contributed by atoms with E-state index in [2.05, 4.69) is 254 Å². The Balaban J connectivity index is 1.07. The molecule has 0 atom stereocenters. The average Bonchev–Trinajstić information content (AvgIpc) is 3.87. The van der Waals surface area contributed by atoms with Crippen molar-refractivity contribution in [2.24, 2.45) is 0 Å². The number of ether oxygens (including phenoxy) is 1. The third kappa shape index (κ3) is 5.17. The third-order valence-corrected chi connectivity index (χ3v) is 16.5. The molecule has 11 aromatic rings. The minimum atomic E-state index is -0.613. The fourth-order valence-electron chi connectivity index (χ4n) is 12.7. The van der Waals surface area contributed by atoms with E-state index in [4.69, 9.17) is 4.74 Å². The van der Waals surface area contributed by atoms with E-state index in [0.29, 0.717) is 0 Å². The highest BCUT2D eigenvalue weighted by Crippen LogP contribution is 2.67. The lowest BCUT2D eigenvalue weighted by Crippen LogP contribution is -2.32. The van der Waals surface area contributed by atoms with Gasteiger partial charge in [-0.15, -0.1) is 0 Å². The van der Waals surface area contributed by atoms with Gasteiger partial charge < -0.3 is 9.64 Å². The Morgan fingerprint density at radius 3 is 1.42 bits per heavy atom. The van der Waals surface area contributed by atoms with Gasteiger partial charge in [0.05, 0.1) is 22.2 Å². The zero-order chi connectivity index (χ0) is 45.3. The SMILES string of the molecule is c1ccc(-c2ccc(N(c3cccc4c3-c3ccccc3C43c4ccccc4Oc4ccccc43)c3cccc4c3-c3cc5ccccc5cc3C43c4ccccc4Sc4ccccc43)cc2)cc1. The molecule has 0 radical (unpaired) electrons. The second-order valence-corrected chi connectivity index (χ2v) is 19.7. The number of hydrogen-bond acceptors (Lipinski definition) is 3. The van der Waals surface area contributed by atoms with E-state index in [9.17, 15) is 0 Å². The van der Waals surface area contributed by atoms with Gasteiger partial charge in [-0.25, -0.2) is 0 Å². The number of fused-ring (bicyclic) bond motifs is 19. The first kappa shape index (κ1) is 38.7. The van der Waals surface area contributed by atoms with Crippen LogP contribution in [0.25, 0.3) is 44.2 Å². The van der Waals surface area contributed by atoms with Crippen molar-refractivity contribution in [3.63, 3.8) is 0 Å². The fraction of sp³-hybridized carbons (Fsp3) is 0.0303. The van der Waals surface area contributed by atoms with Crippen LogP contribution in [0.5, 0.6) is 11.5 Å². The monoisotopic (exact) mass is 895 g/mol. The first-order valence-corrected chi connectivity index (χ1v) is 24.6. The molecule has 0 aromatic heterocycles. The van der Waals surface area contributed by atoms with Gasteiger partial charge in [-0.2, -0.15) is 0 Å². The Morgan fingerprint density at radius 2 is 0.783 bits per heavy atom. The Morgan fingerprint density at radius 1 is 0.319 bits per heavy atom. The lowest BCUT2D eigenvalue weighted by molar-refractivity contribution is 0.436. The van der Waals surface area contributed by atoms with E-state index in [0.717, 1.165) is 39.7 Å². The fourth-order valence-corrected chi connectivity index (χ4v) is 13.9. The molecule has 2 nitrogen and oxygen atoms in total. The van der Waals surface area contributed by atoms with Crippen LogP contribution < -0.4 is 9.64 Å². The molecule has 15 rings (SSSR count). The number of para-hydroxylation sites is 2. The number of benzene rings is 11. The molecular formula is C66H41NOS. The molecule has 2 spiro atoms. The summed E-state index contributed by atoms with van der Waals surface area (Å²) >= 11 is 1.89. The summed E-state index contributed by atoms with van der Waals surface area (Å²) in [5, 5.41) is 2.47. The van der Waals surface area contributed by atoms with Crippen LogP contribution in [0.2, 0.25) is 0 Å². The molecule has 2 aliphatic carbocycles. The molecule has 69 heavy (non-hydrogen) atoms. The largest absolute Gasteiger partial charge is 0.457 e. The Bertz CT molecular complexity index is 3840. The first-order chi connectivity index (χ1) is 34.2. The van der Waals surface area contributed by atoms with Crippen LogP contribution in [0.15, 0.2) is 259 Å². The Hall–Kier alpha value is -8.37. The van der Waals surface area contributed by atoms with Crippen LogP contribution in [0.1, 0.15) is 44.5 Å².